The smallest absolute Gasteiger partial charge is 0.257 e. The summed E-state index contributed by atoms with van der Waals surface area (Å²) in [4.78, 5) is 21.8. The molecule has 1 heterocycles. The molecule has 0 aromatic heterocycles. The minimum absolute atomic E-state index is 0.188. The Bertz CT molecular complexity index is 798. The van der Waals surface area contributed by atoms with Crippen LogP contribution in [-0.4, -0.2) is 62.0 Å². The predicted molar refractivity (Wildman–Crippen MR) is 111 cm³/mol. The zero-order chi connectivity index (χ0) is 19.2. The zero-order valence-electron chi connectivity index (χ0n) is 15.5. The quantitative estimate of drug-likeness (QED) is 0.600. The number of carbonyl (C=O) groups excluding carboxylic acids is 1. The van der Waals surface area contributed by atoms with Gasteiger partial charge < -0.3 is 14.5 Å². The Balaban J connectivity index is 1.82. The molecule has 0 radical (unpaired) electrons. The molecule has 3 rings (SSSR count). The average Bonchev–Trinajstić information content (AvgIpc) is 2.70. The first kappa shape index (κ1) is 19.4. The van der Waals surface area contributed by atoms with Crippen LogP contribution in [-0.2, 0) is 0 Å². The lowest BCUT2D eigenvalue weighted by Gasteiger charge is -2.34. The number of ether oxygens (including phenoxy) is 1. The number of nitrogens with zero attached hydrogens (tertiary/aromatic N) is 3. The van der Waals surface area contributed by atoms with Gasteiger partial charge in [0.2, 0.25) is 5.96 Å². The third-order valence-electron chi connectivity index (χ3n) is 4.44. The van der Waals surface area contributed by atoms with Gasteiger partial charge in [0.05, 0.1) is 12.8 Å². The van der Waals surface area contributed by atoms with Gasteiger partial charge in [0.15, 0.2) is 0 Å². The van der Waals surface area contributed by atoms with Gasteiger partial charge in [-0.05, 0) is 55.6 Å². The Labute approximate surface area is 168 Å². The monoisotopic (exact) mass is 430 g/mol. The van der Waals surface area contributed by atoms with E-state index in [1.165, 1.54) is 0 Å². The van der Waals surface area contributed by atoms with Crippen molar-refractivity contribution in [2.45, 2.75) is 0 Å². The molecule has 1 aliphatic rings. The summed E-state index contributed by atoms with van der Waals surface area (Å²) in [6.07, 6.45) is 0. The van der Waals surface area contributed by atoms with Crippen LogP contribution in [0.15, 0.2) is 58.0 Å². The van der Waals surface area contributed by atoms with Crippen LogP contribution in [0.2, 0.25) is 0 Å². The fourth-order valence-electron chi connectivity index (χ4n) is 2.75. The van der Waals surface area contributed by atoms with E-state index in [1.807, 2.05) is 24.3 Å². The SMILES string of the molecule is COc1ccc(C(=O)NC(=Nc2ccc(Br)cc2)N2CCN(C)CC2)cc1. The number of carbonyl (C=O) groups is 1. The summed E-state index contributed by atoms with van der Waals surface area (Å²) >= 11 is 3.43. The second-order valence-electron chi connectivity index (χ2n) is 6.38. The van der Waals surface area contributed by atoms with Crippen LogP contribution in [0.3, 0.4) is 0 Å². The molecule has 2 aromatic rings. The molecule has 0 saturated carbocycles. The van der Waals surface area contributed by atoms with Gasteiger partial charge in [0.1, 0.15) is 5.75 Å². The molecule has 1 fully saturated rings. The molecular weight excluding hydrogens is 408 g/mol. The summed E-state index contributed by atoms with van der Waals surface area (Å²) in [7, 11) is 3.70. The van der Waals surface area contributed by atoms with E-state index in [1.54, 1.807) is 31.4 Å². The van der Waals surface area contributed by atoms with Crippen molar-refractivity contribution in [1.29, 1.82) is 0 Å². The summed E-state index contributed by atoms with van der Waals surface area (Å²) in [6, 6.07) is 14.7. The van der Waals surface area contributed by atoms with Crippen LogP contribution in [0.25, 0.3) is 0 Å². The highest BCUT2D eigenvalue weighted by molar-refractivity contribution is 9.10. The van der Waals surface area contributed by atoms with Gasteiger partial charge in [-0.25, -0.2) is 4.99 Å². The van der Waals surface area contributed by atoms with Crippen molar-refractivity contribution in [2.24, 2.45) is 4.99 Å². The van der Waals surface area contributed by atoms with Crippen molar-refractivity contribution in [3.05, 3.63) is 58.6 Å². The Morgan fingerprint density at radius 1 is 1.04 bits per heavy atom. The highest BCUT2D eigenvalue weighted by atomic mass is 79.9. The van der Waals surface area contributed by atoms with E-state index < -0.39 is 0 Å². The lowest BCUT2D eigenvalue weighted by molar-refractivity contribution is 0.0969. The molecule has 0 unspecified atom stereocenters. The molecular formula is C20H23BrN4O2. The summed E-state index contributed by atoms with van der Waals surface area (Å²) in [5.41, 5.74) is 1.36. The first-order valence-electron chi connectivity index (χ1n) is 8.78. The van der Waals surface area contributed by atoms with E-state index in [9.17, 15) is 4.79 Å². The summed E-state index contributed by atoms with van der Waals surface area (Å²) in [6.45, 7) is 3.49. The van der Waals surface area contributed by atoms with Gasteiger partial charge in [0.25, 0.3) is 5.91 Å². The predicted octanol–water partition coefficient (Wildman–Crippen LogP) is 3.12. The lowest BCUT2D eigenvalue weighted by atomic mass is 10.2. The first-order valence-corrected chi connectivity index (χ1v) is 9.57. The molecule has 1 saturated heterocycles. The van der Waals surface area contributed by atoms with Crippen molar-refractivity contribution in [2.75, 3.05) is 40.3 Å². The van der Waals surface area contributed by atoms with E-state index in [-0.39, 0.29) is 5.91 Å². The number of hydrogen-bond donors (Lipinski definition) is 1. The van der Waals surface area contributed by atoms with Crippen molar-refractivity contribution in [3.63, 3.8) is 0 Å². The van der Waals surface area contributed by atoms with Gasteiger partial charge in [-0.15, -0.1) is 0 Å². The third kappa shape index (κ3) is 5.30. The topological polar surface area (TPSA) is 57.2 Å². The number of halogens is 1. The van der Waals surface area contributed by atoms with E-state index >= 15 is 0 Å². The fourth-order valence-corrected chi connectivity index (χ4v) is 3.01. The summed E-state index contributed by atoms with van der Waals surface area (Å²) < 4.78 is 6.14. The standard InChI is InChI=1S/C20H23BrN4O2/c1-24-11-13-25(14-12-24)20(22-17-7-5-16(21)6-8-17)23-19(26)15-3-9-18(27-2)10-4-15/h3-10H,11-14H2,1-2H3,(H,22,23,26). The number of hydrogen-bond acceptors (Lipinski definition) is 4. The second-order valence-corrected chi connectivity index (χ2v) is 7.30. The van der Waals surface area contributed by atoms with Gasteiger partial charge in [-0.1, -0.05) is 15.9 Å². The molecule has 142 valence electrons. The largest absolute Gasteiger partial charge is 0.497 e. The molecule has 2 aromatic carbocycles. The maximum atomic E-state index is 12.7. The van der Waals surface area contributed by atoms with Crippen LogP contribution in [0.4, 0.5) is 5.69 Å². The zero-order valence-corrected chi connectivity index (χ0v) is 17.1. The maximum Gasteiger partial charge on any atom is 0.257 e. The molecule has 6 nitrogen and oxygen atoms in total. The van der Waals surface area contributed by atoms with Gasteiger partial charge in [-0.3, -0.25) is 10.1 Å². The van der Waals surface area contributed by atoms with E-state index in [4.69, 9.17) is 9.73 Å². The molecule has 1 amide bonds. The number of amides is 1. The maximum absolute atomic E-state index is 12.7. The fraction of sp³-hybridized carbons (Fsp3) is 0.300. The normalized spacial score (nSPS) is 15.5. The molecule has 27 heavy (non-hydrogen) atoms. The van der Waals surface area contributed by atoms with Crippen LogP contribution in [0.5, 0.6) is 5.75 Å². The number of rotatable bonds is 3. The molecule has 7 heteroatoms. The number of aliphatic imine (C=N–C) groups is 1. The van der Waals surface area contributed by atoms with E-state index in [0.29, 0.717) is 11.5 Å². The summed E-state index contributed by atoms with van der Waals surface area (Å²) in [5.74, 6) is 1.10. The van der Waals surface area contributed by atoms with Crippen molar-refractivity contribution >= 4 is 33.5 Å². The highest BCUT2D eigenvalue weighted by Crippen LogP contribution is 2.18. The molecule has 0 aliphatic carbocycles. The van der Waals surface area contributed by atoms with E-state index in [2.05, 4.69) is 38.1 Å². The second kappa shape index (κ2) is 9.01. The van der Waals surface area contributed by atoms with Gasteiger partial charge >= 0.3 is 0 Å². The summed E-state index contributed by atoms with van der Waals surface area (Å²) in [5, 5.41) is 2.98. The Hall–Kier alpha value is -2.38. The number of piperazine rings is 1. The Morgan fingerprint density at radius 3 is 2.26 bits per heavy atom. The van der Waals surface area contributed by atoms with Crippen molar-refractivity contribution in [3.8, 4) is 5.75 Å². The number of likely N-dealkylation sites (N-methyl/N-ethyl adjacent to an activating group) is 1. The van der Waals surface area contributed by atoms with Crippen LogP contribution >= 0.6 is 15.9 Å². The minimum Gasteiger partial charge on any atom is -0.497 e. The first-order chi connectivity index (χ1) is 13.0. The van der Waals surface area contributed by atoms with Crippen LogP contribution < -0.4 is 10.1 Å². The van der Waals surface area contributed by atoms with Crippen LogP contribution in [0, 0.1) is 0 Å². The molecule has 1 aliphatic heterocycles. The third-order valence-corrected chi connectivity index (χ3v) is 4.97. The van der Waals surface area contributed by atoms with Gasteiger partial charge in [0, 0.05) is 36.2 Å². The number of nitrogens with one attached hydrogen (secondary N) is 1. The lowest BCUT2D eigenvalue weighted by Crippen LogP contribution is -2.52. The molecule has 0 atom stereocenters. The molecule has 0 spiro atoms. The van der Waals surface area contributed by atoms with Crippen molar-refractivity contribution < 1.29 is 9.53 Å². The Kier molecular flexibility index (Phi) is 6.47. The van der Waals surface area contributed by atoms with Crippen molar-refractivity contribution in [1.82, 2.24) is 15.1 Å². The Morgan fingerprint density at radius 2 is 1.67 bits per heavy atom. The van der Waals surface area contributed by atoms with Crippen LogP contribution in [0.1, 0.15) is 10.4 Å². The number of benzene rings is 2. The number of guanidine groups is 1. The average molecular weight is 431 g/mol. The molecule has 0 bridgehead atoms. The van der Waals surface area contributed by atoms with E-state index in [0.717, 1.165) is 42.1 Å². The highest BCUT2D eigenvalue weighted by Gasteiger charge is 2.20. The number of methoxy groups -OCH3 is 1. The van der Waals surface area contributed by atoms with Gasteiger partial charge in [-0.2, -0.15) is 0 Å². The minimum atomic E-state index is -0.188. The molecule has 1 N–H and O–H groups in total.